The monoisotopic (exact) mass is 469 g/mol. The van der Waals surface area contributed by atoms with Crippen molar-refractivity contribution >= 4 is 0 Å². The van der Waals surface area contributed by atoms with Crippen LogP contribution in [0.15, 0.2) is 78.9 Å². The number of hydrogen-bond donors (Lipinski definition) is 0. The molecule has 1 aliphatic heterocycles. The second-order valence-electron chi connectivity index (χ2n) is 10.1. The molecule has 2 aromatic heterocycles. The van der Waals surface area contributed by atoms with Gasteiger partial charge in [0.1, 0.15) is 6.33 Å². The lowest BCUT2D eigenvalue weighted by Gasteiger charge is -2.46. The van der Waals surface area contributed by atoms with Gasteiger partial charge in [0.25, 0.3) is 0 Å². The molecule has 6 rings (SSSR count). The Morgan fingerprint density at radius 2 is 1.83 bits per heavy atom. The molecule has 0 radical (unpaired) electrons. The van der Waals surface area contributed by atoms with E-state index in [2.05, 4.69) is 73.1 Å². The number of aromatic nitrogens is 5. The summed E-state index contributed by atoms with van der Waals surface area (Å²) in [5, 5.41) is 13.5. The second-order valence-corrected chi connectivity index (χ2v) is 10.1. The van der Waals surface area contributed by atoms with Crippen LogP contribution in [0.3, 0.4) is 0 Å². The van der Waals surface area contributed by atoms with Crippen molar-refractivity contribution in [1.29, 1.82) is 0 Å². The van der Waals surface area contributed by atoms with Crippen LogP contribution in [0, 0.1) is 5.92 Å². The Bertz CT molecular complexity index is 1140. The van der Waals surface area contributed by atoms with Crippen LogP contribution in [0.2, 0.25) is 0 Å². The Balaban J connectivity index is 1.22. The van der Waals surface area contributed by atoms with E-state index in [1.54, 1.807) is 0 Å². The van der Waals surface area contributed by atoms with Gasteiger partial charge in [-0.05, 0) is 36.5 Å². The fourth-order valence-electron chi connectivity index (χ4n) is 5.77. The van der Waals surface area contributed by atoms with Crippen molar-refractivity contribution in [3.05, 3.63) is 90.3 Å². The van der Waals surface area contributed by atoms with E-state index in [1.165, 1.54) is 30.4 Å². The fourth-order valence-corrected chi connectivity index (χ4v) is 5.77. The van der Waals surface area contributed by atoms with Gasteiger partial charge in [0.2, 0.25) is 0 Å². The first kappa shape index (κ1) is 22.4. The first-order valence-corrected chi connectivity index (χ1v) is 13.1. The molecule has 3 heterocycles. The molecule has 3 aliphatic rings. The van der Waals surface area contributed by atoms with Crippen LogP contribution in [0.1, 0.15) is 43.1 Å². The summed E-state index contributed by atoms with van der Waals surface area (Å²) >= 11 is 0. The van der Waals surface area contributed by atoms with Crippen molar-refractivity contribution in [2.24, 2.45) is 5.92 Å². The number of hydrogen-bond acceptors (Lipinski definition) is 5. The van der Waals surface area contributed by atoms with Crippen LogP contribution in [0.4, 0.5) is 0 Å². The molecule has 0 spiro atoms. The first-order chi connectivity index (χ1) is 17.3. The Hall–Kier alpha value is -3.03. The summed E-state index contributed by atoms with van der Waals surface area (Å²) in [5.74, 6) is 1.47. The van der Waals surface area contributed by atoms with Crippen molar-refractivity contribution in [3.63, 3.8) is 0 Å². The highest BCUT2D eigenvalue weighted by Crippen LogP contribution is 2.36. The molecule has 182 valence electrons. The predicted molar refractivity (Wildman–Crippen MR) is 137 cm³/mol. The van der Waals surface area contributed by atoms with E-state index in [1.807, 2.05) is 29.5 Å². The van der Waals surface area contributed by atoms with Crippen LogP contribution in [0.25, 0.3) is 0 Å². The summed E-state index contributed by atoms with van der Waals surface area (Å²) in [6, 6.07) is 13.7. The highest BCUT2D eigenvalue weighted by molar-refractivity contribution is 5.26. The van der Waals surface area contributed by atoms with Gasteiger partial charge < -0.3 is 4.57 Å². The Kier molecular flexibility index (Phi) is 6.60. The van der Waals surface area contributed by atoms with E-state index < -0.39 is 0 Å². The average Bonchev–Trinajstić information content (AvgIpc) is 3.54. The zero-order valence-corrected chi connectivity index (χ0v) is 20.4. The summed E-state index contributed by atoms with van der Waals surface area (Å²) in [5.41, 5.74) is 2.60. The van der Waals surface area contributed by atoms with Gasteiger partial charge in [-0.15, -0.1) is 10.2 Å². The highest BCUT2D eigenvalue weighted by atomic mass is 15.3. The molecule has 1 unspecified atom stereocenters. The lowest BCUT2D eigenvalue weighted by Crippen LogP contribution is -2.53. The molecule has 0 amide bonds. The van der Waals surface area contributed by atoms with Crippen molar-refractivity contribution in [2.75, 3.05) is 26.2 Å². The molecule has 7 nitrogen and oxygen atoms in total. The van der Waals surface area contributed by atoms with E-state index in [4.69, 9.17) is 5.10 Å². The number of rotatable bonds is 8. The van der Waals surface area contributed by atoms with Gasteiger partial charge >= 0.3 is 0 Å². The maximum absolute atomic E-state index is 4.71. The molecular weight excluding hydrogens is 434 g/mol. The first-order valence-electron chi connectivity index (χ1n) is 13.1. The molecule has 2 aliphatic carbocycles. The van der Waals surface area contributed by atoms with Crippen LogP contribution < -0.4 is 0 Å². The predicted octanol–water partition coefficient (Wildman–Crippen LogP) is 3.94. The second kappa shape index (κ2) is 10.3. The highest BCUT2D eigenvalue weighted by Gasteiger charge is 2.36. The molecule has 35 heavy (non-hydrogen) atoms. The van der Waals surface area contributed by atoms with Gasteiger partial charge in [0.15, 0.2) is 5.82 Å². The zero-order chi connectivity index (χ0) is 23.5. The zero-order valence-electron chi connectivity index (χ0n) is 20.4. The summed E-state index contributed by atoms with van der Waals surface area (Å²) in [6.45, 7) is 6.13. The molecule has 2 fully saturated rings. The number of piperazine rings is 1. The largest absolute Gasteiger partial charge is 0.312 e. The lowest BCUT2D eigenvalue weighted by atomic mass is 9.87. The molecule has 0 N–H and O–H groups in total. The number of benzene rings is 1. The third-order valence-corrected chi connectivity index (χ3v) is 7.96. The summed E-state index contributed by atoms with van der Waals surface area (Å²) in [7, 11) is 0. The minimum absolute atomic E-state index is 0.225. The standard InChI is InChI=1S/C28H35N7/c1-2-6-23(7-3-1)20-34-22-29-31-28(34)27(33-18-16-32(17-19-33)26-8-4-9-26)25-12-10-24(11-13-25)21-35-15-5-14-30-35/h1-3,5-7,10-12,14-15,22,25-27H,4,8-9,13,16-21H2/t25?,27-/m0/s1. The van der Waals surface area contributed by atoms with Crippen LogP contribution >= 0.6 is 0 Å². The SMILES string of the molecule is C1=CC([C@@H](c2nncn2Cc2ccccc2)N2CCN(C3CCC3)CC2)CC=C1Cn1cccn1. The summed E-state index contributed by atoms with van der Waals surface area (Å²) in [6.07, 6.45) is 18.0. The Morgan fingerprint density at radius 3 is 2.51 bits per heavy atom. The number of nitrogens with zero attached hydrogens (tertiary/aromatic N) is 7. The minimum Gasteiger partial charge on any atom is -0.312 e. The lowest BCUT2D eigenvalue weighted by molar-refractivity contribution is 0.0297. The minimum atomic E-state index is 0.225. The summed E-state index contributed by atoms with van der Waals surface area (Å²) in [4.78, 5) is 5.38. The quantitative estimate of drug-likeness (QED) is 0.500. The molecule has 1 saturated heterocycles. The fraction of sp³-hybridized carbons (Fsp3) is 0.464. The molecule has 1 aromatic carbocycles. The third kappa shape index (κ3) is 5.02. The van der Waals surface area contributed by atoms with Crippen molar-refractivity contribution in [1.82, 2.24) is 34.3 Å². The Morgan fingerprint density at radius 1 is 0.971 bits per heavy atom. The summed E-state index contributed by atoms with van der Waals surface area (Å²) < 4.78 is 4.25. The maximum Gasteiger partial charge on any atom is 0.151 e. The number of allylic oxidation sites excluding steroid dienone is 3. The van der Waals surface area contributed by atoms with Crippen molar-refractivity contribution in [3.8, 4) is 0 Å². The molecule has 2 atom stereocenters. The smallest absolute Gasteiger partial charge is 0.151 e. The topological polar surface area (TPSA) is 55.0 Å². The molecule has 7 heteroatoms. The van der Waals surface area contributed by atoms with E-state index in [0.717, 1.165) is 57.6 Å². The molecule has 1 saturated carbocycles. The van der Waals surface area contributed by atoms with Gasteiger partial charge in [0, 0.05) is 50.5 Å². The van der Waals surface area contributed by atoms with E-state index in [-0.39, 0.29) is 6.04 Å². The van der Waals surface area contributed by atoms with Gasteiger partial charge in [-0.3, -0.25) is 14.5 Å². The molecule has 3 aromatic rings. The van der Waals surface area contributed by atoms with Crippen LogP contribution in [-0.4, -0.2) is 66.6 Å². The van der Waals surface area contributed by atoms with E-state index >= 15 is 0 Å². The van der Waals surface area contributed by atoms with Crippen LogP contribution in [0.5, 0.6) is 0 Å². The van der Waals surface area contributed by atoms with Gasteiger partial charge in [-0.2, -0.15) is 5.10 Å². The normalized spacial score (nSPS) is 22.6. The van der Waals surface area contributed by atoms with E-state index in [0.29, 0.717) is 5.92 Å². The van der Waals surface area contributed by atoms with Gasteiger partial charge in [-0.25, -0.2) is 0 Å². The maximum atomic E-state index is 4.71. The van der Waals surface area contributed by atoms with Crippen molar-refractivity contribution < 1.29 is 0 Å². The van der Waals surface area contributed by atoms with Crippen LogP contribution in [-0.2, 0) is 13.1 Å². The molecule has 0 bridgehead atoms. The van der Waals surface area contributed by atoms with Gasteiger partial charge in [-0.1, -0.05) is 55.0 Å². The molecular formula is C28H35N7. The third-order valence-electron chi connectivity index (χ3n) is 7.96. The average molecular weight is 470 g/mol. The van der Waals surface area contributed by atoms with Crippen molar-refractivity contribution in [2.45, 2.75) is 50.9 Å². The Labute approximate surface area is 207 Å². The van der Waals surface area contributed by atoms with Gasteiger partial charge in [0.05, 0.1) is 19.1 Å². The van der Waals surface area contributed by atoms with E-state index in [9.17, 15) is 0 Å².